The van der Waals surface area contributed by atoms with Gasteiger partial charge in [-0.1, -0.05) is 19.6 Å². The van der Waals surface area contributed by atoms with Crippen LogP contribution >= 0.6 is 0 Å². The van der Waals surface area contributed by atoms with Crippen molar-refractivity contribution in [2.24, 2.45) is 0 Å². The average Bonchev–Trinajstić information content (AvgIpc) is 2.34. The number of carbonyl (C=O) groups is 1. The molecule has 0 spiro atoms. The molecule has 0 aliphatic rings. The molecule has 13 heavy (non-hydrogen) atoms. The van der Waals surface area contributed by atoms with Crippen LogP contribution in [0.5, 0.6) is 0 Å². The Labute approximate surface area is 79.6 Å². The van der Waals surface area contributed by atoms with E-state index in [1.807, 2.05) is 6.20 Å². The highest BCUT2D eigenvalue weighted by Gasteiger charge is 2.32. The van der Waals surface area contributed by atoms with Gasteiger partial charge >= 0.3 is 0 Å². The summed E-state index contributed by atoms with van der Waals surface area (Å²) in [4.78, 5) is 11.5. The predicted molar refractivity (Wildman–Crippen MR) is 55.4 cm³/mol. The highest BCUT2D eigenvalue weighted by molar-refractivity contribution is 6.80. The van der Waals surface area contributed by atoms with Gasteiger partial charge in [-0.15, -0.1) is 0 Å². The zero-order chi connectivity index (χ0) is 10.1. The lowest BCUT2D eigenvalue weighted by Gasteiger charge is -2.25. The number of ketones is 1. The summed E-state index contributed by atoms with van der Waals surface area (Å²) in [6.45, 7) is 8.26. The molecule has 1 aromatic heterocycles. The van der Waals surface area contributed by atoms with Crippen molar-refractivity contribution in [1.82, 2.24) is 10.2 Å². The molecule has 0 aromatic carbocycles. The second-order valence-electron chi connectivity index (χ2n) is 4.44. The number of Topliss-reactive ketones (excluding diaryl/α,β-unsaturated/α-hetero) is 1. The molecule has 0 aliphatic carbocycles. The Morgan fingerprint density at radius 2 is 2.15 bits per heavy atom. The first-order valence-electron chi connectivity index (χ1n) is 4.42. The van der Waals surface area contributed by atoms with Gasteiger partial charge in [0.2, 0.25) is 0 Å². The molecular formula is C9H16N2OSi. The van der Waals surface area contributed by atoms with Crippen LogP contribution in [0.3, 0.4) is 0 Å². The molecule has 0 radical (unpaired) electrons. The van der Waals surface area contributed by atoms with Crippen LogP contribution in [0.4, 0.5) is 0 Å². The van der Waals surface area contributed by atoms with Crippen molar-refractivity contribution >= 4 is 13.9 Å². The maximum Gasteiger partial charge on any atom is 0.134 e. The molecule has 72 valence electrons. The third-order valence-electron chi connectivity index (χ3n) is 2.13. The van der Waals surface area contributed by atoms with Gasteiger partial charge in [-0.25, -0.2) is 0 Å². The minimum absolute atomic E-state index is 0.0752. The molecule has 1 unspecified atom stereocenters. The van der Waals surface area contributed by atoms with Crippen molar-refractivity contribution in [1.29, 1.82) is 0 Å². The van der Waals surface area contributed by atoms with E-state index in [-0.39, 0.29) is 11.3 Å². The van der Waals surface area contributed by atoms with E-state index in [0.717, 1.165) is 5.56 Å². The highest BCUT2D eigenvalue weighted by Crippen LogP contribution is 2.26. The second kappa shape index (κ2) is 3.45. The van der Waals surface area contributed by atoms with Gasteiger partial charge in [0.25, 0.3) is 0 Å². The molecule has 4 heteroatoms. The van der Waals surface area contributed by atoms with Crippen molar-refractivity contribution in [3.05, 3.63) is 18.0 Å². The Kier molecular flexibility index (Phi) is 2.70. The summed E-state index contributed by atoms with van der Waals surface area (Å²) >= 11 is 0. The number of rotatable bonds is 3. The van der Waals surface area contributed by atoms with Crippen LogP contribution in [-0.4, -0.2) is 24.1 Å². The lowest BCUT2D eigenvalue weighted by molar-refractivity contribution is -0.116. The van der Waals surface area contributed by atoms with Crippen LogP contribution in [0.2, 0.25) is 19.6 Å². The predicted octanol–water partition coefficient (Wildman–Crippen LogP) is 1.96. The zero-order valence-corrected chi connectivity index (χ0v) is 9.59. The van der Waals surface area contributed by atoms with E-state index in [1.165, 1.54) is 0 Å². The third kappa shape index (κ3) is 2.27. The van der Waals surface area contributed by atoms with Crippen molar-refractivity contribution in [3.63, 3.8) is 0 Å². The summed E-state index contributed by atoms with van der Waals surface area (Å²) in [6.07, 6.45) is 3.58. The minimum Gasteiger partial charge on any atom is -0.300 e. The number of nitrogens with one attached hydrogen (secondary N) is 1. The second-order valence-corrected chi connectivity index (χ2v) is 9.75. The molecule has 0 amide bonds. The standard InChI is InChI=1S/C9H16N2OSi/c1-7(12)9(13(2,3)4)8-5-10-11-6-8/h5-6,9H,1-4H3,(H,10,11). The lowest BCUT2D eigenvalue weighted by atomic mass is 10.2. The normalized spacial score (nSPS) is 14.2. The van der Waals surface area contributed by atoms with Crippen LogP contribution in [0.25, 0.3) is 0 Å². The molecule has 0 aliphatic heterocycles. The van der Waals surface area contributed by atoms with Crippen LogP contribution in [0.15, 0.2) is 12.4 Å². The van der Waals surface area contributed by atoms with E-state index >= 15 is 0 Å². The van der Waals surface area contributed by atoms with Gasteiger partial charge in [-0.3, -0.25) is 9.89 Å². The summed E-state index contributed by atoms with van der Waals surface area (Å²) in [5.41, 5.74) is 1.11. The molecule has 1 heterocycles. The van der Waals surface area contributed by atoms with Gasteiger partial charge in [0.15, 0.2) is 0 Å². The maximum atomic E-state index is 11.5. The molecule has 0 saturated heterocycles. The topological polar surface area (TPSA) is 45.8 Å². The largest absolute Gasteiger partial charge is 0.300 e. The Morgan fingerprint density at radius 1 is 1.54 bits per heavy atom. The van der Waals surface area contributed by atoms with Crippen molar-refractivity contribution < 1.29 is 4.79 Å². The summed E-state index contributed by atoms with van der Waals surface area (Å²) in [5.74, 6) is 0.251. The number of H-pyrrole nitrogens is 1. The number of hydrogen-bond acceptors (Lipinski definition) is 2. The smallest absolute Gasteiger partial charge is 0.134 e. The number of aromatic amines is 1. The molecule has 0 saturated carbocycles. The first kappa shape index (κ1) is 10.2. The Bertz CT molecular complexity index is 287. The molecule has 0 bridgehead atoms. The van der Waals surface area contributed by atoms with Gasteiger partial charge < -0.3 is 0 Å². The monoisotopic (exact) mass is 196 g/mol. The van der Waals surface area contributed by atoms with E-state index in [1.54, 1.807) is 13.1 Å². The van der Waals surface area contributed by atoms with Crippen LogP contribution in [-0.2, 0) is 4.79 Å². The lowest BCUT2D eigenvalue weighted by Crippen LogP contribution is -2.35. The van der Waals surface area contributed by atoms with E-state index in [4.69, 9.17) is 0 Å². The van der Waals surface area contributed by atoms with Crippen LogP contribution in [0, 0.1) is 0 Å². The summed E-state index contributed by atoms with van der Waals surface area (Å²) in [7, 11) is -1.46. The summed E-state index contributed by atoms with van der Waals surface area (Å²) in [6, 6.07) is 0. The van der Waals surface area contributed by atoms with E-state index in [0.29, 0.717) is 0 Å². The first-order chi connectivity index (χ1) is 5.93. The van der Waals surface area contributed by atoms with E-state index in [2.05, 4.69) is 29.8 Å². The van der Waals surface area contributed by atoms with Gasteiger partial charge in [-0.2, -0.15) is 5.10 Å². The zero-order valence-electron chi connectivity index (χ0n) is 8.59. The first-order valence-corrected chi connectivity index (χ1v) is 8.00. The van der Waals surface area contributed by atoms with Crippen molar-refractivity contribution in [2.75, 3.05) is 0 Å². The van der Waals surface area contributed by atoms with Gasteiger partial charge in [0, 0.05) is 11.7 Å². The minimum atomic E-state index is -1.46. The van der Waals surface area contributed by atoms with Gasteiger partial charge in [0.1, 0.15) is 5.78 Å². The SMILES string of the molecule is CC(=O)C(c1cn[nH]c1)[Si](C)(C)C. The van der Waals surface area contributed by atoms with Crippen molar-refractivity contribution in [3.8, 4) is 0 Å². The fourth-order valence-electron chi connectivity index (χ4n) is 1.76. The fraction of sp³-hybridized carbons (Fsp3) is 0.556. The van der Waals surface area contributed by atoms with Crippen LogP contribution < -0.4 is 0 Å². The van der Waals surface area contributed by atoms with Crippen LogP contribution in [0.1, 0.15) is 18.0 Å². The fourth-order valence-corrected chi connectivity index (χ4v) is 4.14. The summed E-state index contributed by atoms with van der Waals surface area (Å²) in [5, 5.41) is 6.64. The quantitative estimate of drug-likeness (QED) is 0.751. The number of hydrogen-bond donors (Lipinski definition) is 1. The van der Waals surface area contributed by atoms with E-state index in [9.17, 15) is 4.79 Å². The molecular weight excluding hydrogens is 180 g/mol. The average molecular weight is 196 g/mol. The number of carbonyl (C=O) groups excluding carboxylic acids is 1. The highest BCUT2D eigenvalue weighted by atomic mass is 28.3. The Morgan fingerprint density at radius 3 is 2.46 bits per heavy atom. The number of aromatic nitrogens is 2. The van der Waals surface area contributed by atoms with Gasteiger partial charge in [0.05, 0.1) is 14.3 Å². The molecule has 0 fully saturated rings. The molecule has 1 rings (SSSR count). The Hall–Kier alpha value is -0.903. The summed E-state index contributed by atoms with van der Waals surface area (Å²) < 4.78 is 0. The van der Waals surface area contributed by atoms with Crippen molar-refractivity contribution in [2.45, 2.75) is 32.1 Å². The molecule has 1 atom stereocenters. The molecule has 1 N–H and O–H groups in total. The third-order valence-corrected chi connectivity index (χ3v) is 4.60. The molecule has 3 nitrogen and oxygen atoms in total. The van der Waals surface area contributed by atoms with E-state index < -0.39 is 8.07 Å². The molecule has 1 aromatic rings. The number of nitrogens with zero attached hydrogens (tertiary/aromatic N) is 1. The maximum absolute atomic E-state index is 11.5. The van der Waals surface area contributed by atoms with Gasteiger partial charge in [-0.05, 0) is 12.5 Å². The Balaban J connectivity index is 3.01.